The first-order valence-electron chi connectivity index (χ1n) is 6.28. The number of nitrogens with one attached hydrogen (secondary N) is 1. The number of anilines is 2. The van der Waals surface area contributed by atoms with Crippen LogP contribution < -0.4 is 10.2 Å². The van der Waals surface area contributed by atoms with Crippen LogP contribution in [-0.4, -0.2) is 39.0 Å². The summed E-state index contributed by atoms with van der Waals surface area (Å²) >= 11 is 0. The van der Waals surface area contributed by atoms with Crippen LogP contribution in [0.4, 0.5) is 24.5 Å². The van der Waals surface area contributed by atoms with Crippen molar-refractivity contribution in [3.63, 3.8) is 0 Å². The molecule has 1 aromatic rings. The Morgan fingerprint density at radius 2 is 2.05 bits per heavy atom. The van der Waals surface area contributed by atoms with Gasteiger partial charge in [-0.1, -0.05) is 12.1 Å². The van der Waals surface area contributed by atoms with Gasteiger partial charge in [0.25, 0.3) is 0 Å². The second kappa shape index (κ2) is 6.14. The maximum Gasteiger partial charge on any atom is 0.411 e. The highest BCUT2D eigenvalue weighted by molar-refractivity contribution is 5.71. The second-order valence-electron chi connectivity index (χ2n) is 4.45. The maximum atomic E-state index is 11.9. The summed E-state index contributed by atoms with van der Waals surface area (Å²) in [5.41, 5.74) is 2.18. The molecule has 0 saturated carbocycles. The number of benzene rings is 1. The van der Waals surface area contributed by atoms with Gasteiger partial charge in [-0.05, 0) is 18.6 Å². The fourth-order valence-corrected chi connectivity index (χ4v) is 2.12. The Morgan fingerprint density at radius 3 is 2.84 bits per heavy atom. The molecular weight excluding hydrogens is 257 g/mol. The molecule has 0 atom stereocenters. The number of fused-ring (bicyclic) bond motifs is 1. The van der Waals surface area contributed by atoms with Crippen molar-refractivity contribution < 1.29 is 17.9 Å². The summed E-state index contributed by atoms with van der Waals surface area (Å²) in [5.74, 6) is 0. The van der Waals surface area contributed by atoms with Gasteiger partial charge in [0, 0.05) is 26.2 Å². The highest BCUT2D eigenvalue weighted by Crippen LogP contribution is 2.28. The third kappa shape index (κ3) is 4.31. The van der Waals surface area contributed by atoms with Gasteiger partial charge < -0.3 is 15.0 Å². The smallest absolute Gasteiger partial charge is 0.382 e. The van der Waals surface area contributed by atoms with Crippen molar-refractivity contribution in [3.8, 4) is 0 Å². The van der Waals surface area contributed by atoms with Gasteiger partial charge in [0.1, 0.15) is 6.61 Å². The monoisotopic (exact) mass is 274 g/mol. The molecule has 0 radical (unpaired) electrons. The van der Waals surface area contributed by atoms with Gasteiger partial charge in [0.05, 0.1) is 11.4 Å². The van der Waals surface area contributed by atoms with Crippen molar-refractivity contribution in [1.29, 1.82) is 0 Å². The number of halogens is 3. The van der Waals surface area contributed by atoms with E-state index in [0.29, 0.717) is 13.0 Å². The molecule has 6 heteroatoms. The van der Waals surface area contributed by atoms with Crippen molar-refractivity contribution in [1.82, 2.24) is 0 Å². The molecule has 1 aliphatic heterocycles. The van der Waals surface area contributed by atoms with E-state index >= 15 is 0 Å². The summed E-state index contributed by atoms with van der Waals surface area (Å²) in [5, 5.41) is 3.29. The third-order valence-corrected chi connectivity index (χ3v) is 2.92. The van der Waals surface area contributed by atoms with Crippen LogP contribution in [0, 0.1) is 0 Å². The summed E-state index contributed by atoms with van der Waals surface area (Å²) in [6.07, 6.45) is -3.65. The van der Waals surface area contributed by atoms with Crippen LogP contribution in [0.3, 0.4) is 0 Å². The molecule has 0 fully saturated rings. The number of nitrogens with zero attached hydrogens (tertiary/aromatic N) is 1. The first-order valence-corrected chi connectivity index (χ1v) is 6.28. The molecule has 1 heterocycles. The average Bonchev–Trinajstić information content (AvgIpc) is 2.37. The number of para-hydroxylation sites is 2. The summed E-state index contributed by atoms with van der Waals surface area (Å²) in [7, 11) is 0. The number of hydrogen-bond donors (Lipinski definition) is 1. The highest BCUT2D eigenvalue weighted by atomic mass is 19.4. The standard InChI is InChI=1S/C13H17F3N2O/c14-13(15,16)10-19-9-3-7-18-8-6-17-11-4-1-2-5-12(11)18/h1-2,4-5,17H,3,6-10H2. The summed E-state index contributed by atoms with van der Waals surface area (Å²) < 4.78 is 40.3. The molecule has 0 bridgehead atoms. The van der Waals surface area contributed by atoms with E-state index in [1.165, 1.54) is 0 Å². The van der Waals surface area contributed by atoms with E-state index in [1.54, 1.807) is 0 Å². The molecule has 19 heavy (non-hydrogen) atoms. The predicted octanol–water partition coefficient (Wildman–Crippen LogP) is 2.89. The largest absolute Gasteiger partial charge is 0.411 e. The van der Waals surface area contributed by atoms with Crippen molar-refractivity contribution in [2.75, 3.05) is 43.1 Å². The molecule has 1 aromatic carbocycles. The lowest BCUT2D eigenvalue weighted by Crippen LogP contribution is -2.35. The van der Waals surface area contributed by atoms with E-state index in [4.69, 9.17) is 0 Å². The first kappa shape index (κ1) is 14.0. The number of rotatable bonds is 5. The van der Waals surface area contributed by atoms with E-state index in [2.05, 4.69) is 15.0 Å². The zero-order chi connectivity index (χ0) is 13.7. The van der Waals surface area contributed by atoms with E-state index in [0.717, 1.165) is 24.5 Å². The number of ether oxygens (including phenoxy) is 1. The van der Waals surface area contributed by atoms with Gasteiger partial charge in [0.15, 0.2) is 0 Å². The van der Waals surface area contributed by atoms with Crippen LogP contribution in [0.5, 0.6) is 0 Å². The van der Waals surface area contributed by atoms with Crippen LogP contribution in [0.1, 0.15) is 6.42 Å². The van der Waals surface area contributed by atoms with Crippen molar-refractivity contribution in [2.24, 2.45) is 0 Å². The van der Waals surface area contributed by atoms with Gasteiger partial charge in [-0.25, -0.2) is 0 Å². The Morgan fingerprint density at radius 1 is 1.26 bits per heavy atom. The topological polar surface area (TPSA) is 24.5 Å². The van der Waals surface area contributed by atoms with Gasteiger partial charge in [0.2, 0.25) is 0 Å². The van der Waals surface area contributed by atoms with Crippen LogP contribution in [0.15, 0.2) is 24.3 Å². The lowest BCUT2D eigenvalue weighted by atomic mass is 10.2. The SMILES string of the molecule is FC(F)(F)COCCCN1CCNc2ccccc21. The molecule has 0 aromatic heterocycles. The molecule has 2 rings (SSSR count). The molecule has 0 aliphatic carbocycles. The minimum atomic E-state index is -4.23. The van der Waals surface area contributed by atoms with Crippen LogP contribution in [0.2, 0.25) is 0 Å². The molecular formula is C13H17F3N2O. The minimum Gasteiger partial charge on any atom is -0.382 e. The van der Waals surface area contributed by atoms with Crippen molar-refractivity contribution in [2.45, 2.75) is 12.6 Å². The van der Waals surface area contributed by atoms with E-state index in [1.807, 2.05) is 24.3 Å². The zero-order valence-corrected chi connectivity index (χ0v) is 10.5. The zero-order valence-electron chi connectivity index (χ0n) is 10.5. The van der Waals surface area contributed by atoms with Crippen molar-refractivity contribution in [3.05, 3.63) is 24.3 Å². The second-order valence-corrected chi connectivity index (χ2v) is 4.45. The fraction of sp³-hybridized carbons (Fsp3) is 0.538. The van der Waals surface area contributed by atoms with Crippen molar-refractivity contribution >= 4 is 11.4 Å². The first-order chi connectivity index (χ1) is 9.06. The minimum absolute atomic E-state index is 0.131. The van der Waals surface area contributed by atoms with Gasteiger partial charge in [-0.15, -0.1) is 0 Å². The quantitative estimate of drug-likeness (QED) is 0.836. The van der Waals surface area contributed by atoms with E-state index in [9.17, 15) is 13.2 Å². The van der Waals surface area contributed by atoms with E-state index < -0.39 is 12.8 Å². The lowest BCUT2D eigenvalue weighted by molar-refractivity contribution is -0.173. The predicted molar refractivity (Wildman–Crippen MR) is 68.6 cm³/mol. The van der Waals surface area contributed by atoms with Gasteiger partial charge >= 0.3 is 6.18 Å². The Balaban J connectivity index is 1.75. The Bertz CT molecular complexity index is 409. The van der Waals surface area contributed by atoms with Crippen LogP contribution in [-0.2, 0) is 4.74 Å². The van der Waals surface area contributed by atoms with Crippen LogP contribution >= 0.6 is 0 Å². The van der Waals surface area contributed by atoms with Gasteiger partial charge in [-0.2, -0.15) is 13.2 Å². The lowest BCUT2D eigenvalue weighted by Gasteiger charge is -2.32. The Kier molecular flexibility index (Phi) is 4.52. The molecule has 106 valence electrons. The average molecular weight is 274 g/mol. The molecule has 1 aliphatic rings. The summed E-state index contributed by atoms with van der Waals surface area (Å²) in [6.45, 7) is 1.38. The molecule has 0 saturated heterocycles. The molecule has 0 spiro atoms. The number of alkyl halides is 3. The normalized spacial score (nSPS) is 15.0. The maximum absolute atomic E-state index is 11.9. The fourth-order valence-electron chi connectivity index (χ4n) is 2.12. The van der Waals surface area contributed by atoms with E-state index in [-0.39, 0.29) is 6.61 Å². The molecule has 1 N–H and O–H groups in total. The number of hydrogen-bond acceptors (Lipinski definition) is 3. The molecule has 0 amide bonds. The highest BCUT2D eigenvalue weighted by Gasteiger charge is 2.27. The third-order valence-electron chi connectivity index (χ3n) is 2.92. The molecule has 3 nitrogen and oxygen atoms in total. The Hall–Kier alpha value is -1.43. The van der Waals surface area contributed by atoms with Crippen LogP contribution in [0.25, 0.3) is 0 Å². The summed E-state index contributed by atoms with van der Waals surface area (Å²) in [4.78, 5) is 2.17. The summed E-state index contributed by atoms with van der Waals surface area (Å²) in [6, 6.07) is 7.93. The van der Waals surface area contributed by atoms with Gasteiger partial charge in [-0.3, -0.25) is 0 Å². The Labute approximate surface area is 110 Å². The molecule has 0 unspecified atom stereocenters.